The molecule has 0 saturated heterocycles. The monoisotopic (exact) mass is 305 g/mol. The van der Waals surface area contributed by atoms with Crippen LogP contribution < -0.4 is 10.5 Å². The van der Waals surface area contributed by atoms with Gasteiger partial charge in [-0.05, 0) is 18.1 Å². The van der Waals surface area contributed by atoms with Crippen molar-refractivity contribution in [1.29, 1.82) is 0 Å². The van der Waals surface area contributed by atoms with E-state index >= 15 is 0 Å². The number of para-hydroxylation sites is 1. The van der Waals surface area contributed by atoms with E-state index < -0.39 is 0 Å². The molecule has 0 amide bonds. The Morgan fingerprint density at radius 3 is 3.05 bits per heavy atom. The van der Waals surface area contributed by atoms with Crippen LogP contribution in [0.15, 0.2) is 33.7 Å². The molecule has 2 aromatic rings. The zero-order chi connectivity index (χ0) is 14.8. The maximum atomic E-state index is 6.13. The van der Waals surface area contributed by atoms with E-state index in [0.29, 0.717) is 17.6 Å². The first kappa shape index (κ1) is 14.4. The standard InChI is InChI=1S/C15H19N3O2S/c1-3-9(2)13(16)15-17-14(18-20-15)11-8-21-12-7-5-4-6-10(12)19-11/h4-7,9,11,13H,3,8,16H2,1-2H3. The highest BCUT2D eigenvalue weighted by Gasteiger charge is 2.28. The first-order valence-corrected chi connectivity index (χ1v) is 8.15. The fourth-order valence-electron chi connectivity index (χ4n) is 2.16. The summed E-state index contributed by atoms with van der Waals surface area (Å²) in [7, 11) is 0. The van der Waals surface area contributed by atoms with Crippen LogP contribution in [0.3, 0.4) is 0 Å². The van der Waals surface area contributed by atoms with Gasteiger partial charge in [-0.2, -0.15) is 4.98 Å². The van der Waals surface area contributed by atoms with Crippen molar-refractivity contribution in [3.8, 4) is 5.75 Å². The first-order valence-electron chi connectivity index (χ1n) is 7.16. The molecule has 1 aromatic heterocycles. The minimum Gasteiger partial charge on any atom is -0.480 e. The minimum absolute atomic E-state index is 0.188. The molecule has 3 rings (SSSR count). The molecule has 0 saturated carbocycles. The second-order valence-electron chi connectivity index (χ2n) is 5.27. The van der Waals surface area contributed by atoms with Crippen molar-refractivity contribution in [2.45, 2.75) is 37.3 Å². The topological polar surface area (TPSA) is 74.2 Å². The summed E-state index contributed by atoms with van der Waals surface area (Å²) in [5.74, 6) is 3.02. The number of rotatable bonds is 4. The van der Waals surface area contributed by atoms with Gasteiger partial charge in [-0.15, -0.1) is 11.8 Å². The van der Waals surface area contributed by atoms with Gasteiger partial charge in [0, 0.05) is 10.6 Å². The van der Waals surface area contributed by atoms with Crippen molar-refractivity contribution in [3.05, 3.63) is 36.0 Å². The second-order valence-corrected chi connectivity index (χ2v) is 6.33. The van der Waals surface area contributed by atoms with Crippen LogP contribution in [0.2, 0.25) is 0 Å². The third kappa shape index (κ3) is 2.91. The van der Waals surface area contributed by atoms with Gasteiger partial charge in [0.2, 0.25) is 11.7 Å². The van der Waals surface area contributed by atoms with Crippen molar-refractivity contribution in [2.24, 2.45) is 11.7 Å². The minimum atomic E-state index is -0.222. The van der Waals surface area contributed by atoms with Crippen LogP contribution in [0.5, 0.6) is 5.75 Å². The largest absolute Gasteiger partial charge is 0.480 e. The molecule has 0 spiro atoms. The number of benzene rings is 1. The molecule has 21 heavy (non-hydrogen) atoms. The Hall–Kier alpha value is -1.53. The summed E-state index contributed by atoms with van der Waals surface area (Å²) < 4.78 is 11.3. The zero-order valence-electron chi connectivity index (χ0n) is 12.2. The Morgan fingerprint density at radius 1 is 1.43 bits per heavy atom. The van der Waals surface area contributed by atoms with Gasteiger partial charge in [-0.25, -0.2) is 0 Å². The van der Waals surface area contributed by atoms with Crippen LogP contribution in [0.1, 0.15) is 44.1 Å². The van der Waals surface area contributed by atoms with Gasteiger partial charge in [-0.1, -0.05) is 37.6 Å². The number of nitrogens with zero attached hydrogens (tertiary/aromatic N) is 2. The maximum Gasteiger partial charge on any atom is 0.243 e. The van der Waals surface area contributed by atoms with Gasteiger partial charge in [0.05, 0.1) is 6.04 Å². The molecule has 1 aromatic carbocycles. The number of aromatic nitrogens is 2. The quantitative estimate of drug-likeness (QED) is 0.933. The average Bonchev–Trinajstić information content (AvgIpc) is 3.02. The molecule has 2 heterocycles. The molecule has 0 fully saturated rings. The third-order valence-electron chi connectivity index (χ3n) is 3.80. The highest BCUT2D eigenvalue weighted by Crippen LogP contribution is 2.39. The van der Waals surface area contributed by atoms with Gasteiger partial charge in [-0.3, -0.25) is 0 Å². The number of ether oxygens (including phenoxy) is 1. The second kappa shape index (κ2) is 6.07. The summed E-state index contributed by atoms with van der Waals surface area (Å²) in [6.07, 6.45) is 0.786. The third-order valence-corrected chi connectivity index (χ3v) is 4.91. The van der Waals surface area contributed by atoms with E-state index in [1.165, 1.54) is 0 Å². The number of fused-ring (bicyclic) bond motifs is 1. The zero-order valence-corrected chi connectivity index (χ0v) is 13.0. The number of thioether (sulfide) groups is 1. The van der Waals surface area contributed by atoms with Gasteiger partial charge in [0.1, 0.15) is 5.75 Å². The van der Waals surface area contributed by atoms with Crippen LogP contribution >= 0.6 is 11.8 Å². The Kier molecular flexibility index (Phi) is 4.17. The number of hydrogen-bond acceptors (Lipinski definition) is 6. The lowest BCUT2D eigenvalue weighted by molar-refractivity contribution is 0.204. The smallest absolute Gasteiger partial charge is 0.243 e. The molecule has 2 N–H and O–H groups in total. The molecular formula is C15H19N3O2S. The Morgan fingerprint density at radius 2 is 2.24 bits per heavy atom. The molecule has 1 aliphatic heterocycles. The van der Waals surface area contributed by atoms with Crippen LogP contribution in [-0.4, -0.2) is 15.9 Å². The van der Waals surface area contributed by atoms with Crippen molar-refractivity contribution in [3.63, 3.8) is 0 Å². The molecule has 3 atom stereocenters. The van der Waals surface area contributed by atoms with Gasteiger partial charge in [0.15, 0.2) is 6.10 Å². The van der Waals surface area contributed by atoms with Crippen molar-refractivity contribution < 1.29 is 9.26 Å². The fraction of sp³-hybridized carbons (Fsp3) is 0.467. The lowest BCUT2D eigenvalue weighted by atomic mass is 10.0. The molecular weight excluding hydrogens is 286 g/mol. The molecule has 112 valence electrons. The first-order chi connectivity index (χ1) is 10.2. The normalized spacial score (nSPS) is 20.4. The number of nitrogens with two attached hydrogens (primary N) is 1. The lowest BCUT2D eigenvalue weighted by Gasteiger charge is -2.23. The van der Waals surface area contributed by atoms with Crippen molar-refractivity contribution >= 4 is 11.8 Å². The van der Waals surface area contributed by atoms with Crippen LogP contribution in [0.25, 0.3) is 0 Å². The molecule has 0 aliphatic carbocycles. The molecule has 0 bridgehead atoms. The molecule has 1 aliphatic rings. The van der Waals surface area contributed by atoms with Gasteiger partial charge in [0.25, 0.3) is 0 Å². The summed E-state index contributed by atoms with van der Waals surface area (Å²) in [5, 5.41) is 4.05. The summed E-state index contributed by atoms with van der Waals surface area (Å²) in [5.41, 5.74) is 6.13. The van der Waals surface area contributed by atoms with Crippen molar-refractivity contribution in [1.82, 2.24) is 10.1 Å². The lowest BCUT2D eigenvalue weighted by Crippen LogP contribution is -2.20. The van der Waals surface area contributed by atoms with Gasteiger partial charge >= 0.3 is 0 Å². The van der Waals surface area contributed by atoms with E-state index in [1.807, 2.05) is 18.2 Å². The summed E-state index contributed by atoms with van der Waals surface area (Å²) in [4.78, 5) is 5.58. The molecule has 5 nitrogen and oxygen atoms in total. The predicted molar refractivity (Wildman–Crippen MR) is 81.2 cm³/mol. The highest BCUT2D eigenvalue weighted by atomic mass is 32.2. The molecule has 0 radical (unpaired) electrons. The average molecular weight is 305 g/mol. The molecule has 6 heteroatoms. The van der Waals surface area contributed by atoms with E-state index in [4.69, 9.17) is 15.0 Å². The van der Waals surface area contributed by atoms with E-state index in [1.54, 1.807) is 11.8 Å². The van der Waals surface area contributed by atoms with Crippen molar-refractivity contribution in [2.75, 3.05) is 5.75 Å². The summed E-state index contributed by atoms with van der Waals surface area (Å²) in [6, 6.07) is 7.76. The Labute approximate surface area is 128 Å². The van der Waals surface area contributed by atoms with Crippen LogP contribution in [-0.2, 0) is 0 Å². The predicted octanol–water partition coefficient (Wildman–Crippen LogP) is 3.34. The Bertz CT molecular complexity index is 616. The van der Waals surface area contributed by atoms with E-state index in [2.05, 4.69) is 30.1 Å². The molecule has 3 unspecified atom stereocenters. The van der Waals surface area contributed by atoms with E-state index in [9.17, 15) is 0 Å². The van der Waals surface area contributed by atoms with E-state index in [-0.39, 0.29) is 12.1 Å². The van der Waals surface area contributed by atoms with E-state index in [0.717, 1.165) is 22.8 Å². The Balaban J connectivity index is 1.76. The van der Waals surface area contributed by atoms with Gasteiger partial charge < -0.3 is 15.0 Å². The maximum absolute atomic E-state index is 6.13. The fourth-order valence-corrected chi connectivity index (χ4v) is 3.14. The SMILES string of the molecule is CCC(C)C(N)c1nc(C2CSc3ccccc3O2)no1. The summed E-state index contributed by atoms with van der Waals surface area (Å²) in [6.45, 7) is 4.18. The number of hydrogen-bond donors (Lipinski definition) is 1. The summed E-state index contributed by atoms with van der Waals surface area (Å²) >= 11 is 1.74. The van der Waals surface area contributed by atoms with Crippen LogP contribution in [0, 0.1) is 5.92 Å². The van der Waals surface area contributed by atoms with Crippen LogP contribution in [0.4, 0.5) is 0 Å². The highest BCUT2D eigenvalue weighted by molar-refractivity contribution is 7.99.